The maximum atomic E-state index is 12.5. The molecule has 1 aromatic rings. The van der Waals surface area contributed by atoms with E-state index in [1.165, 1.54) is 18.2 Å². The van der Waals surface area contributed by atoms with E-state index >= 15 is 0 Å². The molecule has 108 valence electrons. The smallest absolute Gasteiger partial charge is 0.323 e. The Balaban J connectivity index is 2.22. The number of fused-ring (bicyclic) bond motifs is 2. The number of carbonyl (C=O) groups excluding carboxylic acids is 3. The van der Waals surface area contributed by atoms with Gasteiger partial charge in [-0.1, -0.05) is 11.6 Å². The molecule has 3 N–H and O–H groups in total. The summed E-state index contributed by atoms with van der Waals surface area (Å²) in [5.41, 5.74) is -1.57. The van der Waals surface area contributed by atoms with Crippen molar-refractivity contribution < 1.29 is 24.3 Å². The average Bonchev–Trinajstić information content (AvgIpc) is 2.80. The number of carboxylic acids is 1. The molecule has 0 radical (unpaired) electrons. The summed E-state index contributed by atoms with van der Waals surface area (Å²) in [6.45, 7) is -0.627. The number of amides is 4. The van der Waals surface area contributed by atoms with Gasteiger partial charge >= 0.3 is 12.0 Å². The number of carbonyl (C=O) groups is 4. The normalized spacial score (nSPS) is 23.3. The van der Waals surface area contributed by atoms with E-state index in [0.29, 0.717) is 0 Å². The maximum absolute atomic E-state index is 12.5. The molecule has 0 saturated carbocycles. The van der Waals surface area contributed by atoms with Crippen LogP contribution in [0.2, 0.25) is 5.02 Å². The van der Waals surface area contributed by atoms with Gasteiger partial charge in [-0.15, -0.1) is 0 Å². The van der Waals surface area contributed by atoms with E-state index in [0.717, 1.165) is 4.90 Å². The minimum absolute atomic E-state index is 0.157. The lowest BCUT2D eigenvalue weighted by Gasteiger charge is -2.19. The summed E-state index contributed by atoms with van der Waals surface area (Å²) in [6.07, 6.45) is 0. The van der Waals surface area contributed by atoms with Gasteiger partial charge in [0.15, 0.2) is 0 Å². The number of hydrogen-bond donors (Lipinski definition) is 3. The highest BCUT2D eigenvalue weighted by Crippen LogP contribution is 2.43. The average molecular weight is 310 g/mol. The zero-order chi connectivity index (χ0) is 15.4. The largest absolute Gasteiger partial charge is 0.480 e. The van der Waals surface area contributed by atoms with Crippen molar-refractivity contribution in [2.75, 3.05) is 11.4 Å². The predicted octanol–water partition coefficient (Wildman–Crippen LogP) is -0.194. The molecule has 9 heteroatoms. The first kappa shape index (κ1) is 13.4. The molecule has 0 aliphatic carbocycles. The molecule has 0 bridgehead atoms. The first-order chi connectivity index (χ1) is 9.86. The highest BCUT2D eigenvalue weighted by atomic mass is 35.5. The van der Waals surface area contributed by atoms with Crippen molar-refractivity contribution in [2.24, 2.45) is 0 Å². The molecule has 1 aromatic carbocycles. The third-order valence-electron chi connectivity index (χ3n) is 3.38. The molecule has 8 nitrogen and oxygen atoms in total. The Kier molecular flexibility index (Phi) is 2.67. The fourth-order valence-corrected chi connectivity index (χ4v) is 2.73. The number of nitrogens with one attached hydrogen (secondary N) is 2. The topological polar surface area (TPSA) is 116 Å². The monoisotopic (exact) mass is 309 g/mol. The van der Waals surface area contributed by atoms with Crippen LogP contribution in [0.5, 0.6) is 0 Å². The van der Waals surface area contributed by atoms with Crippen molar-refractivity contribution in [1.29, 1.82) is 0 Å². The summed E-state index contributed by atoms with van der Waals surface area (Å²) >= 11 is 5.88. The van der Waals surface area contributed by atoms with Crippen LogP contribution in [-0.4, -0.2) is 35.5 Å². The number of aliphatic carboxylic acids is 1. The lowest BCUT2D eigenvalue weighted by molar-refractivity contribution is -0.139. The van der Waals surface area contributed by atoms with Crippen molar-refractivity contribution in [3.63, 3.8) is 0 Å². The van der Waals surface area contributed by atoms with Crippen LogP contribution < -0.4 is 15.5 Å². The van der Waals surface area contributed by atoms with Gasteiger partial charge in [0.05, 0.1) is 5.69 Å². The van der Waals surface area contributed by atoms with E-state index < -0.39 is 35.9 Å². The molecule has 4 amide bonds. The van der Waals surface area contributed by atoms with Crippen LogP contribution in [0.4, 0.5) is 10.5 Å². The molecule has 1 unspecified atom stereocenters. The van der Waals surface area contributed by atoms with Gasteiger partial charge in [-0.25, -0.2) is 4.79 Å². The highest BCUT2D eigenvalue weighted by Gasteiger charge is 2.61. The number of nitrogens with zero attached hydrogens (tertiary/aromatic N) is 1. The van der Waals surface area contributed by atoms with Gasteiger partial charge in [0.1, 0.15) is 6.54 Å². The van der Waals surface area contributed by atoms with Gasteiger partial charge < -0.3 is 10.4 Å². The van der Waals surface area contributed by atoms with Crippen LogP contribution in [0, 0.1) is 0 Å². The molecule has 2 aliphatic heterocycles. The lowest BCUT2D eigenvalue weighted by Crippen LogP contribution is -2.53. The Bertz CT molecular complexity index is 719. The number of carboxylic acid groups (broad SMARTS) is 1. The Hall–Kier alpha value is -2.61. The van der Waals surface area contributed by atoms with Gasteiger partial charge in [-0.2, -0.15) is 0 Å². The summed E-state index contributed by atoms with van der Waals surface area (Å²) in [7, 11) is 0. The molecule has 2 aliphatic rings. The van der Waals surface area contributed by atoms with Gasteiger partial charge in [-0.3, -0.25) is 24.6 Å². The molecule has 0 aromatic heterocycles. The molecule has 3 rings (SSSR count). The fourth-order valence-electron chi connectivity index (χ4n) is 2.56. The van der Waals surface area contributed by atoms with Gasteiger partial charge in [0.25, 0.3) is 11.8 Å². The van der Waals surface area contributed by atoms with Gasteiger partial charge in [0.2, 0.25) is 5.54 Å². The SMILES string of the molecule is O=C(O)CN1C(=O)C2(NC(=O)NC2=O)c2cc(Cl)ccc21. The van der Waals surface area contributed by atoms with E-state index in [1.807, 2.05) is 5.32 Å². The van der Waals surface area contributed by atoms with Crippen molar-refractivity contribution in [3.8, 4) is 0 Å². The summed E-state index contributed by atoms with van der Waals surface area (Å²) in [4.78, 5) is 47.9. The number of anilines is 1. The van der Waals surface area contributed by atoms with Crippen molar-refractivity contribution in [2.45, 2.75) is 5.54 Å². The molecule has 1 spiro atoms. The Morgan fingerprint density at radius 2 is 2.05 bits per heavy atom. The lowest BCUT2D eigenvalue weighted by atomic mass is 9.91. The standard InChI is InChI=1S/C12H8ClN3O5/c13-5-1-2-7-6(3-5)12(9(19)14-11(21)15-12)10(20)16(7)4-8(17)18/h1-3H,4H2,(H,17,18)(H2,14,15,19,21). The molecule has 1 atom stereocenters. The first-order valence-electron chi connectivity index (χ1n) is 5.83. The highest BCUT2D eigenvalue weighted by molar-refractivity contribution is 6.32. The summed E-state index contributed by atoms with van der Waals surface area (Å²) in [6, 6.07) is 3.44. The molecular formula is C12H8ClN3O5. The van der Waals surface area contributed by atoms with Crippen LogP contribution in [0.3, 0.4) is 0 Å². The fraction of sp³-hybridized carbons (Fsp3) is 0.167. The number of imide groups is 1. The second-order valence-electron chi connectivity index (χ2n) is 4.60. The minimum Gasteiger partial charge on any atom is -0.480 e. The second-order valence-corrected chi connectivity index (χ2v) is 5.04. The van der Waals surface area contributed by atoms with Crippen LogP contribution >= 0.6 is 11.6 Å². The number of benzene rings is 1. The van der Waals surface area contributed by atoms with Crippen LogP contribution in [0.25, 0.3) is 0 Å². The second kappa shape index (κ2) is 4.19. The van der Waals surface area contributed by atoms with E-state index in [4.69, 9.17) is 16.7 Å². The quantitative estimate of drug-likeness (QED) is 0.517. The van der Waals surface area contributed by atoms with Crippen molar-refractivity contribution >= 4 is 41.1 Å². The zero-order valence-corrected chi connectivity index (χ0v) is 11.1. The molecule has 2 heterocycles. The zero-order valence-electron chi connectivity index (χ0n) is 10.3. The number of urea groups is 1. The van der Waals surface area contributed by atoms with Crippen LogP contribution in [-0.2, 0) is 19.9 Å². The van der Waals surface area contributed by atoms with Crippen molar-refractivity contribution in [3.05, 3.63) is 28.8 Å². The summed E-state index contributed by atoms with van der Waals surface area (Å²) < 4.78 is 0. The molecule has 1 saturated heterocycles. The first-order valence-corrected chi connectivity index (χ1v) is 6.21. The predicted molar refractivity (Wildman–Crippen MR) is 69.8 cm³/mol. The van der Waals surface area contributed by atoms with Crippen molar-refractivity contribution in [1.82, 2.24) is 10.6 Å². The van der Waals surface area contributed by atoms with Gasteiger partial charge in [-0.05, 0) is 18.2 Å². The van der Waals surface area contributed by atoms with E-state index in [9.17, 15) is 19.2 Å². The van der Waals surface area contributed by atoms with E-state index in [-0.39, 0.29) is 16.3 Å². The summed E-state index contributed by atoms with van der Waals surface area (Å²) in [5, 5.41) is 13.4. The Morgan fingerprint density at radius 1 is 1.33 bits per heavy atom. The third kappa shape index (κ3) is 1.69. The number of rotatable bonds is 2. The Morgan fingerprint density at radius 3 is 2.62 bits per heavy atom. The van der Waals surface area contributed by atoms with E-state index in [1.54, 1.807) is 0 Å². The molecular weight excluding hydrogens is 302 g/mol. The minimum atomic E-state index is -1.95. The molecule has 21 heavy (non-hydrogen) atoms. The third-order valence-corrected chi connectivity index (χ3v) is 3.62. The van der Waals surface area contributed by atoms with Gasteiger partial charge in [0, 0.05) is 10.6 Å². The summed E-state index contributed by atoms with van der Waals surface area (Å²) in [5.74, 6) is -2.93. The number of hydrogen-bond acceptors (Lipinski definition) is 4. The van der Waals surface area contributed by atoms with E-state index in [2.05, 4.69) is 5.32 Å². The van der Waals surface area contributed by atoms with Crippen LogP contribution in [0.1, 0.15) is 5.56 Å². The molecule has 1 fully saturated rings. The number of halogens is 1. The Labute approximate surface area is 122 Å². The van der Waals surface area contributed by atoms with Crippen LogP contribution in [0.15, 0.2) is 18.2 Å². The maximum Gasteiger partial charge on any atom is 0.323 e.